The van der Waals surface area contributed by atoms with Crippen LogP contribution in [0, 0.1) is 17.6 Å². The fourth-order valence-corrected chi connectivity index (χ4v) is 3.70. The first kappa shape index (κ1) is 17.0. The van der Waals surface area contributed by atoms with Crippen LogP contribution in [-0.4, -0.2) is 23.7 Å². The Morgan fingerprint density at radius 3 is 2.62 bits per heavy atom. The predicted octanol–water partition coefficient (Wildman–Crippen LogP) is 3.14. The Balaban J connectivity index is 1.63. The maximum absolute atomic E-state index is 13.9. The Kier molecular flexibility index (Phi) is 4.36. The molecule has 0 aromatic heterocycles. The van der Waals surface area contributed by atoms with Crippen molar-refractivity contribution in [3.05, 3.63) is 64.7 Å². The van der Waals surface area contributed by atoms with E-state index in [2.05, 4.69) is 5.32 Å². The molecule has 0 spiro atoms. The fraction of sp³-hybridized carbons (Fsp3) is 0.350. The van der Waals surface area contributed by atoms with E-state index in [1.54, 1.807) is 0 Å². The summed E-state index contributed by atoms with van der Waals surface area (Å²) in [6.45, 7) is 0.623. The first-order chi connectivity index (χ1) is 12.5. The standard InChI is InChI=1S/C20H19F2NO3/c21-15-2-1-3-16(22)18(15)20(25)23-19(13-9-14(24)10-13)12-4-5-17-11(8-12)6-7-26-17/h1-5,8,13-14,19,24H,6-7,9-10H2,(H,23,25)/t13?,14?,19-/m0/s1. The lowest BCUT2D eigenvalue weighted by Crippen LogP contribution is -2.41. The lowest BCUT2D eigenvalue weighted by Gasteiger charge is -2.38. The van der Waals surface area contributed by atoms with E-state index in [4.69, 9.17) is 4.74 Å². The topological polar surface area (TPSA) is 58.6 Å². The molecule has 4 nitrogen and oxygen atoms in total. The highest BCUT2D eigenvalue weighted by atomic mass is 19.1. The van der Waals surface area contributed by atoms with Crippen molar-refractivity contribution in [1.29, 1.82) is 0 Å². The van der Waals surface area contributed by atoms with Crippen LogP contribution in [0.2, 0.25) is 0 Å². The lowest BCUT2D eigenvalue weighted by molar-refractivity contribution is 0.0234. The van der Waals surface area contributed by atoms with Gasteiger partial charge in [-0.3, -0.25) is 4.79 Å². The van der Waals surface area contributed by atoms with E-state index >= 15 is 0 Å². The van der Waals surface area contributed by atoms with Crippen molar-refractivity contribution in [3.63, 3.8) is 0 Å². The summed E-state index contributed by atoms with van der Waals surface area (Å²) in [6, 6.07) is 8.61. The van der Waals surface area contributed by atoms with Gasteiger partial charge in [-0.25, -0.2) is 8.78 Å². The van der Waals surface area contributed by atoms with Crippen LogP contribution >= 0.6 is 0 Å². The quantitative estimate of drug-likeness (QED) is 0.882. The molecule has 6 heteroatoms. The monoisotopic (exact) mass is 359 g/mol. The van der Waals surface area contributed by atoms with Gasteiger partial charge >= 0.3 is 0 Å². The van der Waals surface area contributed by atoms with Crippen LogP contribution < -0.4 is 10.1 Å². The molecule has 0 unspecified atom stereocenters. The smallest absolute Gasteiger partial charge is 0.257 e. The number of benzene rings is 2. The molecule has 0 radical (unpaired) electrons. The molecule has 1 saturated carbocycles. The highest BCUT2D eigenvalue weighted by Crippen LogP contribution is 2.40. The van der Waals surface area contributed by atoms with Crippen LogP contribution in [0.15, 0.2) is 36.4 Å². The minimum absolute atomic E-state index is 0.0177. The number of rotatable bonds is 4. The Hall–Kier alpha value is -2.47. The molecule has 0 bridgehead atoms. The average molecular weight is 359 g/mol. The molecule has 26 heavy (non-hydrogen) atoms. The van der Waals surface area contributed by atoms with E-state index in [1.807, 2.05) is 18.2 Å². The SMILES string of the molecule is O=C(N[C@@H](c1ccc2c(c1)CCO2)C1CC(O)C1)c1c(F)cccc1F. The molecule has 1 amide bonds. The van der Waals surface area contributed by atoms with Crippen molar-refractivity contribution < 1.29 is 23.4 Å². The summed E-state index contributed by atoms with van der Waals surface area (Å²) in [5.41, 5.74) is 1.33. The van der Waals surface area contributed by atoms with Crippen molar-refractivity contribution in [2.24, 2.45) is 5.92 Å². The van der Waals surface area contributed by atoms with Crippen molar-refractivity contribution in [2.45, 2.75) is 31.4 Å². The van der Waals surface area contributed by atoms with Crippen LogP contribution in [-0.2, 0) is 6.42 Å². The summed E-state index contributed by atoms with van der Waals surface area (Å²) in [5, 5.41) is 12.4. The van der Waals surface area contributed by atoms with E-state index < -0.39 is 35.3 Å². The third-order valence-electron chi connectivity index (χ3n) is 5.17. The number of ether oxygens (including phenoxy) is 1. The first-order valence-electron chi connectivity index (χ1n) is 8.71. The Morgan fingerprint density at radius 2 is 1.92 bits per heavy atom. The molecule has 136 valence electrons. The van der Waals surface area contributed by atoms with Crippen molar-refractivity contribution in [2.75, 3.05) is 6.61 Å². The van der Waals surface area contributed by atoms with Crippen LogP contribution in [0.5, 0.6) is 5.75 Å². The summed E-state index contributed by atoms with van der Waals surface area (Å²) in [6.07, 6.45) is 1.47. The van der Waals surface area contributed by atoms with Crippen LogP contribution in [0.3, 0.4) is 0 Å². The van der Waals surface area contributed by atoms with Gasteiger partial charge in [-0.15, -0.1) is 0 Å². The minimum atomic E-state index is -0.891. The van der Waals surface area contributed by atoms with Crippen LogP contribution in [0.1, 0.15) is 40.4 Å². The normalized spacial score (nSPS) is 22.1. The van der Waals surface area contributed by atoms with E-state index in [-0.39, 0.29) is 5.92 Å². The summed E-state index contributed by atoms with van der Waals surface area (Å²) in [5.74, 6) is -1.73. The molecule has 0 saturated heterocycles. The Morgan fingerprint density at radius 1 is 1.19 bits per heavy atom. The molecule has 2 aliphatic rings. The summed E-state index contributed by atoms with van der Waals surface area (Å²) < 4.78 is 33.4. The van der Waals surface area contributed by atoms with E-state index in [0.717, 1.165) is 35.4 Å². The van der Waals surface area contributed by atoms with Gasteiger partial charge in [-0.05, 0) is 54.2 Å². The van der Waals surface area contributed by atoms with Crippen molar-refractivity contribution >= 4 is 5.91 Å². The number of hydrogen-bond donors (Lipinski definition) is 2. The number of amides is 1. The number of aliphatic hydroxyl groups excluding tert-OH is 1. The van der Waals surface area contributed by atoms with Gasteiger partial charge < -0.3 is 15.2 Å². The second-order valence-corrected chi connectivity index (χ2v) is 6.90. The molecule has 2 aromatic rings. The van der Waals surface area contributed by atoms with Gasteiger partial charge in [0.25, 0.3) is 5.91 Å². The van der Waals surface area contributed by atoms with Gasteiger partial charge in [0.2, 0.25) is 0 Å². The molecule has 1 fully saturated rings. The van der Waals surface area contributed by atoms with Gasteiger partial charge in [0.1, 0.15) is 22.9 Å². The average Bonchev–Trinajstić information content (AvgIpc) is 3.04. The second-order valence-electron chi connectivity index (χ2n) is 6.90. The molecule has 1 heterocycles. The van der Waals surface area contributed by atoms with Gasteiger partial charge in [0, 0.05) is 6.42 Å². The number of carbonyl (C=O) groups excluding carboxylic acids is 1. The van der Waals surface area contributed by atoms with Gasteiger partial charge in [0.05, 0.1) is 18.8 Å². The largest absolute Gasteiger partial charge is 0.493 e. The second kappa shape index (κ2) is 6.68. The number of fused-ring (bicyclic) bond motifs is 1. The van der Waals surface area contributed by atoms with Crippen molar-refractivity contribution in [1.82, 2.24) is 5.32 Å². The molecule has 4 rings (SSSR count). The molecule has 1 atom stereocenters. The summed E-state index contributed by atoms with van der Waals surface area (Å²) in [7, 11) is 0. The van der Waals surface area contributed by atoms with Gasteiger partial charge in [-0.1, -0.05) is 12.1 Å². The zero-order chi connectivity index (χ0) is 18.3. The van der Waals surface area contributed by atoms with E-state index in [9.17, 15) is 18.7 Å². The lowest BCUT2D eigenvalue weighted by atomic mass is 9.74. The summed E-state index contributed by atoms with van der Waals surface area (Å²) >= 11 is 0. The maximum Gasteiger partial charge on any atom is 0.257 e. The van der Waals surface area contributed by atoms with E-state index in [0.29, 0.717) is 19.4 Å². The molecule has 1 aliphatic heterocycles. The minimum Gasteiger partial charge on any atom is -0.493 e. The third-order valence-corrected chi connectivity index (χ3v) is 5.17. The number of carbonyl (C=O) groups is 1. The fourth-order valence-electron chi connectivity index (χ4n) is 3.70. The zero-order valence-corrected chi connectivity index (χ0v) is 14.0. The third kappa shape index (κ3) is 3.05. The van der Waals surface area contributed by atoms with Crippen LogP contribution in [0.4, 0.5) is 8.78 Å². The molecular formula is C20H19F2NO3. The van der Waals surface area contributed by atoms with Crippen molar-refractivity contribution in [3.8, 4) is 5.75 Å². The highest BCUT2D eigenvalue weighted by molar-refractivity contribution is 5.95. The number of halogens is 2. The predicted molar refractivity (Wildman–Crippen MR) is 90.9 cm³/mol. The molecular weight excluding hydrogens is 340 g/mol. The Labute approximate surface area is 149 Å². The van der Waals surface area contributed by atoms with E-state index in [1.165, 1.54) is 6.07 Å². The molecule has 2 aromatic carbocycles. The molecule has 1 aliphatic carbocycles. The highest BCUT2D eigenvalue weighted by Gasteiger charge is 2.36. The van der Waals surface area contributed by atoms with Crippen LogP contribution in [0.25, 0.3) is 0 Å². The number of hydrogen-bond acceptors (Lipinski definition) is 3. The number of nitrogens with one attached hydrogen (secondary N) is 1. The first-order valence-corrected chi connectivity index (χ1v) is 8.71. The molecule has 2 N–H and O–H groups in total. The van der Waals surface area contributed by atoms with Gasteiger partial charge in [-0.2, -0.15) is 0 Å². The zero-order valence-electron chi connectivity index (χ0n) is 14.0. The Bertz CT molecular complexity index is 829. The summed E-state index contributed by atoms with van der Waals surface area (Å²) in [4.78, 5) is 12.6. The number of aliphatic hydroxyl groups is 1. The maximum atomic E-state index is 13.9. The van der Waals surface area contributed by atoms with Gasteiger partial charge in [0.15, 0.2) is 0 Å².